The molecule has 1 aromatic rings. The van der Waals surface area contributed by atoms with Crippen LogP contribution in [0.25, 0.3) is 0 Å². The predicted octanol–water partition coefficient (Wildman–Crippen LogP) is 3.41. The largest absolute Gasteiger partial charge is 0.497 e. The molecule has 6 heteroatoms. The summed E-state index contributed by atoms with van der Waals surface area (Å²) in [6.07, 6.45) is 8.28. The average Bonchev–Trinajstić information content (AvgIpc) is 3.07. The molecule has 29 heavy (non-hydrogen) atoms. The summed E-state index contributed by atoms with van der Waals surface area (Å²) in [4.78, 5) is 15.2. The molecule has 0 radical (unpaired) electrons. The van der Waals surface area contributed by atoms with Gasteiger partial charge in [-0.25, -0.2) is 0 Å². The van der Waals surface area contributed by atoms with Crippen LogP contribution in [-0.4, -0.2) is 56.0 Å². The predicted molar refractivity (Wildman–Crippen MR) is 111 cm³/mol. The third-order valence-corrected chi connectivity index (χ3v) is 6.64. The van der Waals surface area contributed by atoms with Gasteiger partial charge >= 0.3 is 0 Å². The quantitative estimate of drug-likeness (QED) is 0.818. The number of hydrogen-bond donors (Lipinski definition) is 1. The highest BCUT2D eigenvalue weighted by Crippen LogP contribution is 2.36. The molecule has 1 spiro atoms. The molecule has 3 aliphatic rings. The number of carbonyl (C=O) groups excluding carboxylic acids is 1. The Morgan fingerprint density at radius 1 is 1.10 bits per heavy atom. The van der Waals surface area contributed by atoms with Crippen molar-refractivity contribution in [2.45, 2.75) is 69.2 Å². The normalized spacial score (nSPS) is 25.6. The molecule has 6 nitrogen and oxygen atoms in total. The Balaban J connectivity index is 1.33. The third kappa shape index (κ3) is 5.11. The average molecular weight is 403 g/mol. The molecule has 1 saturated carbocycles. The van der Waals surface area contributed by atoms with Gasteiger partial charge in [0.25, 0.3) is 0 Å². The van der Waals surface area contributed by atoms with Crippen molar-refractivity contribution in [2.24, 2.45) is 0 Å². The molecule has 4 rings (SSSR count). The maximum atomic E-state index is 12.8. The first kappa shape index (κ1) is 20.6. The van der Waals surface area contributed by atoms with Gasteiger partial charge in [-0.2, -0.15) is 0 Å². The Kier molecular flexibility index (Phi) is 6.73. The zero-order valence-corrected chi connectivity index (χ0v) is 17.5. The first-order valence-corrected chi connectivity index (χ1v) is 11.1. The molecule has 160 valence electrons. The Bertz CT molecular complexity index is 662. The van der Waals surface area contributed by atoms with Crippen LogP contribution < -0.4 is 10.1 Å². The Morgan fingerprint density at radius 2 is 1.83 bits per heavy atom. The van der Waals surface area contributed by atoms with Gasteiger partial charge in [0.1, 0.15) is 5.75 Å². The molecule has 3 fully saturated rings. The lowest BCUT2D eigenvalue weighted by Crippen LogP contribution is -2.47. The Morgan fingerprint density at radius 3 is 2.52 bits per heavy atom. The summed E-state index contributed by atoms with van der Waals surface area (Å²) in [5, 5.41) is 3.27. The minimum atomic E-state index is -0.370. The molecule has 0 bridgehead atoms. The van der Waals surface area contributed by atoms with Crippen molar-refractivity contribution >= 4 is 5.91 Å². The van der Waals surface area contributed by atoms with Crippen molar-refractivity contribution in [3.63, 3.8) is 0 Å². The van der Waals surface area contributed by atoms with Crippen LogP contribution in [0, 0.1) is 0 Å². The fraction of sp³-hybridized carbons (Fsp3) is 0.696. The van der Waals surface area contributed by atoms with Crippen molar-refractivity contribution in [3.05, 3.63) is 29.8 Å². The fourth-order valence-electron chi connectivity index (χ4n) is 5.01. The molecule has 1 aromatic carbocycles. The van der Waals surface area contributed by atoms with Crippen LogP contribution in [-0.2, 0) is 14.3 Å². The maximum absolute atomic E-state index is 12.8. The summed E-state index contributed by atoms with van der Waals surface area (Å²) >= 11 is 0. The number of hydrogen-bond acceptors (Lipinski definition) is 5. The van der Waals surface area contributed by atoms with E-state index in [1.807, 2.05) is 12.1 Å². The number of carbonyl (C=O) groups is 1. The highest BCUT2D eigenvalue weighted by molar-refractivity contribution is 5.78. The summed E-state index contributed by atoms with van der Waals surface area (Å²) in [7, 11) is 1.69. The monoisotopic (exact) mass is 402 g/mol. The number of benzene rings is 1. The van der Waals surface area contributed by atoms with E-state index in [9.17, 15) is 4.79 Å². The van der Waals surface area contributed by atoms with E-state index in [4.69, 9.17) is 14.2 Å². The van der Waals surface area contributed by atoms with E-state index in [-0.39, 0.29) is 17.7 Å². The first-order valence-electron chi connectivity index (χ1n) is 11.1. The van der Waals surface area contributed by atoms with E-state index in [1.165, 1.54) is 18.4 Å². The summed E-state index contributed by atoms with van der Waals surface area (Å²) < 4.78 is 16.9. The molecular formula is C23H34N2O4. The van der Waals surface area contributed by atoms with Gasteiger partial charge in [-0.05, 0) is 49.9 Å². The van der Waals surface area contributed by atoms with E-state index >= 15 is 0 Å². The lowest BCUT2D eigenvalue weighted by Gasteiger charge is -2.36. The molecule has 0 aromatic heterocycles. The first-order chi connectivity index (χ1) is 14.2. The minimum absolute atomic E-state index is 0.139. The maximum Gasteiger partial charge on any atom is 0.234 e. The van der Waals surface area contributed by atoms with Crippen LogP contribution in [0.5, 0.6) is 5.75 Å². The van der Waals surface area contributed by atoms with E-state index in [2.05, 4.69) is 22.3 Å². The lowest BCUT2D eigenvalue weighted by atomic mass is 9.90. The highest BCUT2D eigenvalue weighted by Gasteiger charge is 2.40. The lowest BCUT2D eigenvalue weighted by molar-refractivity contribution is -0.180. The van der Waals surface area contributed by atoms with Crippen molar-refractivity contribution in [3.8, 4) is 5.75 Å². The zero-order chi connectivity index (χ0) is 20.1. The van der Waals surface area contributed by atoms with Crippen LogP contribution in [0.2, 0.25) is 0 Å². The summed E-state index contributed by atoms with van der Waals surface area (Å²) in [6.45, 7) is 2.82. The van der Waals surface area contributed by atoms with Gasteiger partial charge in [-0.1, -0.05) is 25.0 Å². The second-order valence-corrected chi connectivity index (χ2v) is 8.56. The fourth-order valence-corrected chi connectivity index (χ4v) is 5.01. The standard InChI is InChI=1S/C23H34N2O4/c1-27-20-8-6-18(7-9-20)21-5-3-2-4-14-25(21)17-22(26)24-19-10-12-23(13-11-19)28-15-16-29-23/h6-9,19,21H,2-5,10-17H2,1H3,(H,24,26). The van der Waals surface area contributed by atoms with Gasteiger partial charge in [0.2, 0.25) is 5.91 Å². The minimum Gasteiger partial charge on any atom is -0.497 e. The number of likely N-dealkylation sites (tertiary alicyclic amines) is 1. The number of methoxy groups -OCH3 is 1. The second kappa shape index (κ2) is 9.45. The topological polar surface area (TPSA) is 60.0 Å². The van der Waals surface area contributed by atoms with Crippen molar-refractivity contribution in [1.29, 1.82) is 0 Å². The second-order valence-electron chi connectivity index (χ2n) is 8.56. The van der Waals surface area contributed by atoms with Crippen LogP contribution in [0.3, 0.4) is 0 Å². The molecule has 1 aliphatic carbocycles. The summed E-state index contributed by atoms with van der Waals surface area (Å²) in [5.41, 5.74) is 1.27. The smallest absolute Gasteiger partial charge is 0.234 e. The van der Waals surface area contributed by atoms with Crippen molar-refractivity contribution in [1.82, 2.24) is 10.2 Å². The van der Waals surface area contributed by atoms with Gasteiger partial charge in [0.05, 0.1) is 26.9 Å². The number of ether oxygens (including phenoxy) is 3. The van der Waals surface area contributed by atoms with E-state index in [0.29, 0.717) is 25.8 Å². The Labute approximate surface area is 173 Å². The third-order valence-electron chi connectivity index (χ3n) is 6.64. The molecule has 2 aliphatic heterocycles. The van der Waals surface area contributed by atoms with Crippen molar-refractivity contribution in [2.75, 3.05) is 33.4 Å². The SMILES string of the molecule is COc1ccc(C2CCCCCN2CC(=O)NC2CCC3(CC2)OCCO3)cc1. The van der Waals surface area contributed by atoms with Gasteiger partial charge in [-0.15, -0.1) is 0 Å². The van der Waals surface area contributed by atoms with Crippen LogP contribution >= 0.6 is 0 Å². The number of nitrogens with zero attached hydrogens (tertiary/aromatic N) is 1. The van der Waals surface area contributed by atoms with Gasteiger partial charge in [-0.3, -0.25) is 9.69 Å². The van der Waals surface area contributed by atoms with E-state index < -0.39 is 0 Å². The molecule has 1 unspecified atom stereocenters. The van der Waals surface area contributed by atoms with Crippen molar-refractivity contribution < 1.29 is 19.0 Å². The van der Waals surface area contributed by atoms with Crippen LogP contribution in [0.1, 0.15) is 63.0 Å². The van der Waals surface area contributed by atoms with Gasteiger partial charge in [0, 0.05) is 24.9 Å². The zero-order valence-electron chi connectivity index (χ0n) is 17.5. The number of nitrogens with one attached hydrogen (secondary N) is 1. The number of rotatable bonds is 5. The van der Waals surface area contributed by atoms with Gasteiger partial charge < -0.3 is 19.5 Å². The van der Waals surface area contributed by atoms with Crippen LogP contribution in [0.15, 0.2) is 24.3 Å². The molecule has 1 amide bonds. The summed E-state index contributed by atoms with van der Waals surface area (Å²) in [5.74, 6) is 0.641. The highest BCUT2D eigenvalue weighted by atomic mass is 16.7. The summed E-state index contributed by atoms with van der Waals surface area (Å²) in [6, 6.07) is 8.84. The Hall–Kier alpha value is -1.63. The van der Waals surface area contributed by atoms with Gasteiger partial charge in [0.15, 0.2) is 5.79 Å². The molecule has 2 saturated heterocycles. The van der Waals surface area contributed by atoms with E-state index in [0.717, 1.165) is 50.8 Å². The van der Waals surface area contributed by atoms with Crippen LogP contribution in [0.4, 0.5) is 0 Å². The molecule has 1 atom stereocenters. The number of amides is 1. The van der Waals surface area contributed by atoms with E-state index in [1.54, 1.807) is 7.11 Å². The molecular weight excluding hydrogens is 368 g/mol. The molecule has 1 N–H and O–H groups in total. The molecule has 2 heterocycles.